The van der Waals surface area contributed by atoms with Gasteiger partial charge in [-0.1, -0.05) is 36.4 Å². The molecule has 5 heteroatoms. The van der Waals surface area contributed by atoms with Crippen molar-refractivity contribution in [3.63, 3.8) is 0 Å². The van der Waals surface area contributed by atoms with Crippen LogP contribution in [-0.4, -0.2) is 23.7 Å². The molecule has 134 valence electrons. The number of carbonyl (C=O) groups is 2. The summed E-state index contributed by atoms with van der Waals surface area (Å²) in [5.74, 6) is 0.683. The summed E-state index contributed by atoms with van der Waals surface area (Å²) in [6.45, 7) is 0. The standard InChI is InChI=1S/C22H18N2O3/c1-23-22(26)20-15-19(13-14-24-20)27-18-10-8-17(9-11-18)21(25)12-7-16-5-3-2-4-6-16/h2-15H,1H3,(H,23,26)/b12-7+. The first-order chi connectivity index (χ1) is 13.2. The number of benzene rings is 2. The maximum absolute atomic E-state index is 12.3. The average molecular weight is 358 g/mol. The van der Waals surface area contributed by atoms with Crippen LogP contribution in [0.2, 0.25) is 0 Å². The minimum atomic E-state index is -0.286. The Morgan fingerprint density at radius 1 is 0.963 bits per heavy atom. The molecule has 0 bridgehead atoms. The average Bonchev–Trinajstić information content (AvgIpc) is 2.73. The largest absolute Gasteiger partial charge is 0.457 e. The Balaban J connectivity index is 1.67. The number of hydrogen-bond donors (Lipinski definition) is 1. The van der Waals surface area contributed by atoms with Crippen molar-refractivity contribution in [3.05, 3.63) is 95.8 Å². The van der Waals surface area contributed by atoms with Crippen LogP contribution in [-0.2, 0) is 0 Å². The highest BCUT2D eigenvalue weighted by molar-refractivity contribution is 6.06. The van der Waals surface area contributed by atoms with Gasteiger partial charge in [0.2, 0.25) is 0 Å². The summed E-state index contributed by atoms with van der Waals surface area (Å²) < 4.78 is 5.73. The fourth-order valence-electron chi connectivity index (χ4n) is 2.38. The molecule has 2 aromatic carbocycles. The lowest BCUT2D eigenvalue weighted by Crippen LogP contribution is -2.18. The van der Waals surface area contributed by atoms with Gasteiger partial charge in [0.25, 0.3) is 5.91 Å². The van der Waals surface area contributed by atoms with Gasteiger partial charge in [-0.25, -0.2) is 0 Å². The summed E-state index contributed by atoms with van der Waals surface area (Å²) in [6, 6.07) is 19.7. The van der Waals surface area contributed by atoms with E-state index in [1.54, 1.807) is 55.6 Å². The number of nitrogens with zero attached hydrogens (tertiary/aromatic N) is 1. The molecular formula is C22H18N2O3. The second-order valence-corrected chi connectivity index (χ2v) is 5.69. The molecule has 0 spiro atoms. The zero-order chi connectivity index (χ0) is 19.1. The van der Waals surface area contributed by atoms with Gasteiger partial charge >= 0.3 is 0 Å². The minimum absolute atomic E-state index is 0.0868. The lowest BCUT2D eigenvalue weighted by atomic mass is 10.1. The van der Waals surface area contributed by atoms with Gasteiger partial charge in [-0.05, 0) is 42.0 Å². The first-order valence-electron chi connectivity index (χ1n) is 8.39. The van der Waals surface area contributed by atoms with Crippen LogP contribution in [0.25, 0.3) is 6.08 Å². The van der Waals surface area contributed by atoms with Gasteiger partial charge in [0.05, 0.1) is 0 Å². The third kappa shape index (κ3) is 4.89. The van der Waals surface area contributed by atoms with Gasteiger partial charge in [0.15, 0.2) is 5.78 Å². The molecule has 0 saturated carbocycles. The quantitative estimate of drug-likeness (QED) is 0.531. The fourth-order valence-corrected chi connectivity index (χ4v) is 2.38. The van der Waals surface area contributed by atoms with E-state index < -0.39 is 0 Å². The Hall–Kier alpha value is -3.73. The zero-order valence-electron chi connectivity index (χ0n) is 14.8. The molecule has 27 heavy (non-hydrogen) atoms. The number of aromatic nitrogens is 1. The molecule has 1 amide bonds. The smallest absolute Gasteiger partial charge is 0.269 e. The van der Waals surface area contributed by atoms with Gasteiger partial charge < -0.3 is 10.1 Å². The summed E-state index contributed by atoms with van der Waals surface area (Å²) in [6.07, 6.45) is 4.83. The SMILES string of the molecule is CNC(=O)c1cc(Oc2ccc(C(=O)/C=C/c3ccccc3)cc2)ccn1. The van der Waals surface area contributed by atoms with Crippen LogP contribution in [0.5, 0.6) is 11.5 Å². The Kier molecular flexibility index (Phi) is 5.74. The molecule has 3 aromatic rings. The van der Waals surface area contributed by atoms with Crippen molar-refractivity contribution in [3.8, 4) is 11.5 Å². The highest BCUT2D eigenvalue weighted by Gasteiger charge is 2.07. The second-order valence-electron chi connectivity index (χ2n) is 5.69. The number of pyridine rings is 1. The summed E-state index contributed by atoms with van der Waals surface area (Å²) in [4.78, 5) is 27.9. The van der Waals surface area contributed by atoms with Crippen molar-refractivity contribution in [1.82, 2.24) is 10.3 Å². The van der Waals surface area contributed by atoms with Crippen LogP contribution in [0.15, 0.2) is 79.0 Å². The molecule has 0 atom stereocenters. The van der Waals surface area contributed by atoms with E-state index in [2.05, 4.69) is 10.3 Å². The monoisotopic (exact) mass is 358 g/mol. The lowest BCUT2D eigenvalue weighted by molar-refractivity contribution is 0.0957. The van der Waals surface area contributed by atoms with Crippen LogP contribution in [0.3, 0.4) is 0 Å². The first kappa shape index (κ1) is 18.1. The van der Waals surface area contributed by atoms with Crippen LogP contribution < -0.4 is 10.1 Å². The predicted molar refractivity (Wildman–Crippen MR) is 104 cm³/mol. The number of carbonyl (C=O) groups excluding carboxylic acids is 2. The summed E-state index contributed by atoms with van der Waals surface area (Å²) in [5, 5.41) is 2.52. The Morgan fingerprint density at radius 2 is 1.70 bits per heavy atom. The summed E-state index contributed by atoms with van der Waals surface area (Å²) >= 11 is 0. The van der Waals surface area contributed by atoms with Crippen molar-refractivity contribution < 1.29 is 14.3 Å². The van der Waals surface area contributed by atoms with Crippen molar-refractivity contribution in [2.45, 2.75) is 0 Å². The van der Waals surface area contributed by atoms with Crippen molar-refractivity contribution in [1.29, 1.82) is 0 Å². The molecule has 0 aliphatic carbocycles. The van der Waals surface area contributed by atoms with Gasteiger partial charge in [-0.15, -0.1) is 0 Å². The van der Waals surface area contributed by atoms with Crippen molar-refractivity contribution in [2.24, 2.45) is 0 Å². The third-order valence-electron chi connectivity index (χ3n) is 3.79. The molecule has 0 saturated heterocycles. The normalized spacial score (nSPS) is 10.6. The Morgan fingerprint density at radius 3 is 2.41 bits per heavy atom. The fraction of sp³-hybridized carbons (Fsp3) is 0.0455. The van der Waals surface area contributed by atoms with Crippen molar-refractivity contribution >= 4 is 17.8 Å². The number of amides is 1. The van der Waals surface area contributed by atoms with E-state index in [1.165, 1.54) is 6.20 Å². The van der Waals surface area contributed by atoms with Gasteiger partial charge in [-0.2, -0.15) is 0 Å². The second kappa shape index (κ2) is 8.58. The number of nitrogens with one attached hydrogen (secondary N) is 1. The zero-order valence-corrected chi connectivity index (χ0v) is 14.8. The van der Waals surface area contributed by atoms with E-state index in [4.69, 9.17) is 4.74 Å². The Bertz CT molecular complexity index is 964. The van der Waals surface area contributed by atoms with Crippen LogP contribution in [0.4, 0.5) is 0 Å². The lowest BCUT2D eigenvalue weighted by Gasteiger charge is -2.07. The van der Waals surface area contributed by atoms with Gasteiger partial charge in [-0.3, -0.25) is 14.6 Å². The molecule has 0 fully saturated rings. The van der Waals surface area contributed by atoms with Crippen LogP contribution in [0, 0.1) is 0 Å². The number of rotatable bonds is 6. The van der Waals surface area contributed by atoms with E-state index in [1.807, 2.05) is 30.3 Å². The predicted octanol–water partition coefficient (Wildman–Crippen LogP) is 4.13. The van der Waals surface area contributed by atoms with Crippen molar-refractivity contribution in [2.75, 3.05) is 7.05 Å². The molecule has 1 aromatic heterocycles. The van der Waals surface area contributed by atoms with Crippen LogP contribution >= 0.6 is 0 Å². The molecule has 1 N–H and O–H groups in total. The maximum atomic E-state index is 12.3. The van der Waals surface area contributed by atoms with E-state index in [0.717, 1.165) is 5.56 Å². The Labute approximate surface area is 157 Å². The number of ether oxygens (including phenoxy) is 1. The third-order valence-corrected chi connectivity index (χ3v) is 3.79. The highest BCUT2D eigenvalue weighted by Crippen LogP contribution is 2.22. The molecule has 1 heterocycles. The molecule has 0 aliphatic heterocycles. The molecular weight excluding hydrogens is 340 g/mol. The first-order valence-corrected chi connectivity index (χ1v) is 8.39. The summed E-state index contributed by atoms with van der Waals surface area (Å²) in [5.41, 5.74) is 1.80. The maximum Gasteiger partial charge on any atom is 0.269 e. The van der Waals surface area contributed by atoms with Gasteiger partial charge in [0.1, 0.15) is 17.2 Å². The van der Waals surface area contributed by atoms with E-state index in [0.29, 0.717) is 17.1 Å². The molecule has 0 aliphatic rings. The molecule has 5 nitrogen and oxygen atoms in total. The number of allylic oxidation sites excluding steroid dienone is 1. The molecule has 0 radical (unpaired) electrons. The summed E-state index contributed by atoms with van der Waals surface area (Å²) in [7, 11) is 1.54. The van der Waals surface area contributed by atoms with Gasteiger partial charge in [0, 0.05) is 24.9 Å². The van der Waals surface area contributed by atoms with E-state index in [-0.39, 0.29) is 17.4 Å². The number of hydrogen-bond acceptors (Lipinski definition) is 4. The molecule has 3 rings (SSSR count). The minimum Gasteiger partial charge on any atom is -0.457 e. The van der Waals surface area contributed by atoms with E-state index in [9.17, 15) is 9.59 Å². The number of ketones is 1. The van der Waals surface area contributed by atoms with E-state index >= 15 is 0 Å². The molecule has 0 unspecified atom stereocenters. The van der Waals surface area contributed by atoms with Crippen LogP contribution in [0.1, 0.15) is 26.4 Å². The topological polar surface area (TPSA) is 68.3 Å². The highest BCUT2D eigenvalue weighted by atomic mass is 16.5.